The van der Waals surface area contributed by atoms with Crippen LogP contribution in [0.2, 0.25) is 0 Å². The Morgan fingerprint density at radius 2 is 1.78 bits per heavy atom. The van der Waals surface area contributed by atoms with Gasteiger partial charge in [0.1, 0.15) is 5.82 Å². The van der Waals surface area contributed by atoms with Crippen LogP contribution in [0.1, 0.15) is 31.2 Å². The molecule has 0 bridgehead atoms. The fourth-order valence-electron chi connectivity index (χ4n) is 4.75. The van der Waals surface area contributed by atoms with E-state index in [0.29, 0.717) is 35.6 Å². The first kappa shape index (κ1) is 19.8. The molecular formula is C26H23N5O. The summed E-state index contributed by atoms with van der Waals surface area (Å²) < 4.78 is 0. The number of anilines is 1. The smallest absolute Gasteiger partial charge is 0.161 e. The molecule has 0 amide bonds. The number of carbonyl (C=O) groups is 1. The first-order chi connectivity index (χ1) is 15.6. The molecule has 1 aliphatic heterocycles. The Hall–Kier alpha value is -4.11. The third-order valence-corrected chi connectivity index (χ3v) is 6.18. The van der Waals surface area contributed by atoms with Crippen molar-refractivity contribution in [3.63, 3.8) is 0 Å². The number of allylic oxidation sites excluding steroid dienone is 3. The Labute approximate surface area is 186 Å². The molecule has 3 N–H and O–H groups in total. The van der Waals surface area contributed by atoms with E-state index >= 15 is 0 Å². The van der Waals surface area contributed by atoms with Crippen molar-refractivity contribution in [2.75, 3.05) is 4.90 Å². The van der Waals surface area contributed by atoms with Gasteiger partial charge in [0, 0.05) is 23.8 Å². The third-order valence-electron chi connectivity index (χ3n) is 6.18. The number of nitrogens with zero attached hydrogens (tertiary/aromatic N) is 3. The molecule has 0 radical (unpaired) electrons. The van der Waals surface area contributed by atoms with E-state index in [-0.39, 0.29) is 11.7 Å². The fourth-order valence-corrected chi connectivity index (χ4v) is 4.75. The number of hydrogen-bond donors (Lipinski definition) is 2. The second kappa shape index (κ2) is 7.86. The van der Waals surface area contributed by atoms with Crippen LogP contribution >= 0.6 is 0 Å². The molecule has 2 aliphatic rings. The highest BCUT2D eigenvalue weighted by atomic mass is 16.1. The zero-order valence-corrected chi connectivity index (χ0v) is 17.7. The average Bonchev–Trinajstić information content (AvgIpc) is 3.29. The van der Waals surface area contributed by atoms with Crippen LogP contribution in [0.4, 0.5) is 5.82 Å². The van der Waals surface area contributed by atoms with Gasteiger partial charge in [-0.3, -0.25) is 14.8 Å². The molecule has 1 aliphatic carbocycles. The van der Waals surface area contributed by atoms with Gasteiger partial charge in [0.15, 0.2) is 11.6 Å². The lowest BCUT2D eigenvalue weighted by Crippen LogP contribution is -2.40. The van der Waals surface area contributed by atoms with Crippen LogP contribution in [-0.4, -0.2) is 16.0 Å². The summed E-state index contributed by atoms with van der Waals surface area (Å²) in [6, 6.07) is 23.7. The first-order valence-corrected chi connectivity index (χ1v) is 10.7. The summed E-state index contributed by atoms with van der Waals surface area (Å²) in [4.78, 5) is 15.1. The van der Waals surface area contributed by atoms with Crippen molar-refractivity contribution in [3.8, 4) is 17.3 Å². The number of benzene rings is 2. The predicted octanol–water partition coefficient (Wildman–Crippen LogP) is 4.63. The Morgan fingerprint density at radius 3 is 2.47 bits per heavy atom. The molecule has 0 saturated carbocycles. The Morgan fingerprint density at radius 1 is 1.09 bits per heavy atom. The van der Waals surface area contributed by atoms with Crippen LogP contribution in [0.15, 0.2) is 89.4 Å². The van der Waals surface area contributed by atoms with E-state index in [2.05, 4.69) is 23.2 Å². The number of rotatable bonds is 3. The van der Waals surface area contributed by atoms with Gasteiger partial charge in [-0.2, -0.15) is 10.4 Å². The summed E-state index contributed by atoms with van der Waals surface area (Å²) >= 11 is 0. The second-order valence-electron chi connectivity index (χ2n) is 8.39. The molecule has 2 atom stereocenters. The summed E-state index contributed by atoms with van der Waals surface area (Å²) in [5, 5.41) is 17.7. The molecule has 6 nitrogen and oxygen atoms in total. The van der Waals surface area contributed by atoms with E-state index in [1.165, 1.54) is 0 Å². The van der Waals surface area contributed by atoms with E-state index in [9.17, 15) is 10.1 Å². The second-order valence-corrected chi connectivity index (χ2v) is 8.39. The maximum absolute atomic E-state index is 13.3. The number of hydrogen-bond acceptors (Lipinski definition) is 5. The highest BCUT2D eigenvalue weighted by Crippen LogP contribution is 2.47. The van der Waals surface area contributed by atoms with Crippen LogP contribution in [0, 0.1) is 17.2 Å². The lowest BCUT2D eigenvalue weighted by molar-refractivity contribution is -0.117. The molecule has 3 aromatic rings. The minimum Gasteiger partial charge on any atom is -0.384 e. The number of Topliss-reactive ketones (excluding diaryl/α,β-unsaturated/α-hetero) is 1. The van der Waals surface area contributed by atoms with Crippen LogP contribution in [0.3, 0.4) is 0 Å². The summed E-state index contributed by atoms with van der Waals surface area (Å²) in [6.07, 6.45) is 1.15. The van der Waals surface area contributed by atoms with Crippen LogP contribution in [0.5, 0.6) is 0 Å². The summed E-state index contributed by atoms with van der Waals surface area (Å²) in [7, 11) is 0. The molecule has 158 valence electrons. The van der Waals surface area contributed by atoms with E-state index in [0.717, 1.165) is 22.5 Å². The largest absolute Gasteiger partial charge is 0.384 e. The van der Waals surface area contributed by atoms with Gasteiger partial charge in [-0.05, 0) is 23.5 Å². The van der Waals surface area contributed by atoms with Gasteiger partial charge in [0.05, 0.1) is 23.3 Å². The van der Waals surface area contributed by atoms with Gasteiger partial charge in [-0.15, -0.1) is 0 Å². The van der Waals surface area contributed by atoms with Crippen molar-refractivity contribution in [2.45, 2.75) is 25.7 Å². The molecule has 2 heterocycles. The summed E-state index contributed by atoms with van der Waals surface area (Å²) in [5.41, 5.74) is 11.2. The Balaban J connectivity index is 1.69. The minimum atomic E-state index is -0.458. The number of nitrogens with one attached hydrogen (secondary N) is 1. The van der Waals surface area contributed by atoms with Gasteiger partial charge < -0.3 is 5.73 Å². The van der Waals surface area contributed by atoms with Crippen molar-refractivity contribution in [1.82, 2.24) is 10.2 Å². The lowest BCUT2D eigenvalue weighted by atomic mass is 9.73. The van der Waals surface area contributed by atoms with Gasteiger partial charge in [0.25, 0.3) is 0 Å². The van der Waals surface area contributed by atoms with Crippen molar-refractivity contribution in [3.05, 3.63) is 95.0 Å². The number of aromatic nitrogens is 2. The molecule has 1 aromatic heterocycles. The monoisotopic (exact) mass is 421 g/mol. The van der Waals surface area contributed by atoms with Crippen molar-refractivity contribution < 1.29 is 4.79 Å². The molecule has 2 aromatic carbocycles. The zero-order chi connectivity index (χ0) is 22.2. The molecule has 5 rings (SSSR count). The molecule has 6 heteroatoms. The lowest BCUT2D eigenvalue weighted by Gasteiger charge is -2.40. The van der Waals surface area contributed by atoms with Gasteiger partial charge in [0.2, 0.25) is 0 Å². The summed E-state index contributed by atoms with van der Waals surface area (Å²) in [6.45, 7) is 2.07. The van der Waals surface area contributed by atoms with Gasteiger partial charge >= 0.3 is 0 Å². The Kier molecular flexibility index (Phi) is 4.87. The van der Waals surface area contributed by atoms with Crippen molar-refractivity contribution in [1.29, 1.82) is 5.26 Å². The van der Waals surface area contributed by atoms with Gasteiger partial charge in [-0.25, -0.2) is 0 Å². The number of aromatic amines is 1. The number of ketones is 1. The average molecular weight is 422 g/mol. The molecule has 0 saturated heterocycles. The first-order valence-electron chi connectivity index (χ1n) is 10.7. The topological polar surface area (TPSA) is 98.8 Å². The number of nitrogens with two attached hydrogens (primary N) is 1. The fraction of sp³-hybridized carbons (Fsp3) is 0.192. The zero-order valence-electron chi connectivity index (χ0n) is 17.7. The van der Waals surface area contributed by atoms with Gasteiger partial charge in [-0.1, -0.05) is 67.6 Å². The minimum absolute atomic E-state index is 0.0664. The summed E-state index contributed by atoms with van der Waals surface area (Å²) in [5.74, 6) is 0.698. The molecule has 2 unspecified atom stereocenters. The molecule has 0 fully saturated rings. The van der Waals surface area contributed by atoms with Crippen molar-refractivity contribution in [2.24, 2.45) is 11.7 Å². The standard InChI is InChI=1S/C26H23N5O/c1-16-12-21-25(22(32)13-16)24(18-10-6-3-7-11-18)19(15-27)26(28)31(21)23-14-20(29-30-23)17-8-4-2-5-9-17/h2-11,14,16,24H,12-13,28H2,1H3,(H,29,30). The van der Waals surface area contributed by atoms with Crippen LogP contribution in [0.25, 0.3) is 11.3 Å². The van der Waals surface area contributed by atoms with E-state index in [4.69, 9.17) is 5.73 Å². The van der Waals surface area contributed by atoms with Crippen molar-refractivity contribution >= 4 is 11.6 Å². The predicted molar refractivity (Wildman–Crippen MR) is 123 cm³/mol. The normalized spacial score (nSPS) is 20.9. The number of H-pyrrole nitrogens is 1. The highest BCUT2D eigenvalue weighted by molar-refractivity contribution is 6.01. The third kappa shape index (κ3) is 3.19. The number of carbonyl (C=O) groups excluding carboxylic acids is 1. The van der Waals surface area contributed by atoms with E-state index in [1.54, 1.807) is 4.90 Å². The quantitative estimate of drug-likeness (QED) is 0.642. The Bertz CT molecular complexity index is 1280. The SMILES string of the molecule is CC1CC(=O)C2=C(C1)N(c1cc(-c3ccccc3)[nH]n1)C(N)=C(C#N)C2c1ccccc1. The van der Waals surface area contributed by atoms with E-state index in [1.807, 2.05) is 66.7 Å². The molecule has 32 heavy (non-hydrogen) atoms. The highest BCUT2D eigenvalue weighted by Gasteiger charge is 2.42. The molecular weight excluding hydrogens is 398 g/mol. The van der Waals surface area contributed by atoms with Crippen LogP contribution < -0.4 is 10.6 Å². The molecule has 0 spiro atoms. The maximum atomic E-state index is 13.3. The van der Waals surface area contributed by atoms with Crippen LogP contribution in [-0.2, 0) is 4.79 Å². The number of nitriles is 1. The van der Waals surface area contributed by atoms with E-state index < -0.39 is 5.92 Å². The maximum Gasteiger partial charge on any atom is 0.161 e.